The molecule has 0 heterocycles. The highest BCUT2D eigenvalue weighted by Gasteiger charge is 2.19. The van der Waals surface area contributed by atoms with E-state index in [4.69, 9.17) is 9.47 Å². The van der Waals surface area contributed by atoms with Crippen molar-refractivity contribution in [2.24, 2.45) is 5.10 Å². The van der Waals surface area contributed by atoms with Crippen molar-refractivity contribution in [2.45, 2.75) is 12.5 Å². The summed E-state index contributed by atoms with van der Waals surface area (Å²) in [6.07, 6.45) is 3.19. The minimum atomic E-state index is -0.509. The van der Waals surface area contributed by atoms with Gasteiger partial charge in [-0.05, 0) is 41.5 Å². The zero-order valence-corrected chi connectivity index (χ0v) is 18.9. The summed E-state index contributed by atoms with van der Waals surface area (Å²) in [5.41, 5.74) is 4.60. The molecule has 0 saturated carbocycles. The Kier molecular flexibility index (Phi) is 8.99. The van der Waals surface area contributed by atoms with Gasteiger partial charge in [-0.2, -0.15) is 5.10 Å². The molecule has 0 aliphatic heterocycles. The Hall–Kier alpha value is -4.39. The highest BCUT2D eigenvalue weighted by Crippen LogP contribution is 2.27. The van der Waals surface area contributed by atoms with E-state index in [1.165, 1.54) is 6.21 Å². The number of rotatable bonds is 11. The largest absolute Gasteiger partial charge is 0.493 e. The number of hydrazone groups is 1. The molecule has 0 saturated heterocycles. The zero-order valence-electron chi connectivity index (χ0n) is 18.9. The fourth-order valence-electron chi connectivity index (χ4n) is 3.21. The summed E-state index contributed by atoms with van der Waals surface area (Å²) in [4.78, 5) is 25.3. The molecule has 3 rings (SSSR count). The van der Waals surface area contributed by atoms with E-state index >= 15 is 0 Å². The number of methoxy groups -OCH3 is 1. The van der Waals surface area contributed by atoms with Crippen LogP contribution in [0.4, 0.5) is 0 Å². The summed E-state index contributed by atoms with van der Waals surface area (Å²) < 4.78 is 10.9. The van der Waals surface area contributed by atoms with Crippen LogP contribution in [0.5, 0.6) is 11.5 Å². The van der Waals surface area contributed by atoms with E-state index in [0.29, 0.717) is 23.7 Å². The van der Waals surface area contributed by atoms with Gasteiger partial charge in [-0.15, -0.1) is 0 Å². The van der Waals surface area contributed by atoms with Crippen LogP contribution >= 0.6 is 0 Å². The van der Waals surface area contributed by atoms with Crippen molar-refractivity contribution in [3.63, 3.8) is 0 Å². The number of carbonyl (C=O) groups is 2. The Bertz CT molecular complexity index is 1130. The molecule has 0 radical (unpaired) electrons. The van der Waals surface area contributed by atoms with E-state index < -0.39 is 6.04 Å². The van der Waals surface area contributed by atoms with Crippen molar-refractivity contribution in [1.29, 1.82) is 0 Å². The van der Waals surface area contributed by atoms with Gasteiger partial charge in [0.25, 0.3) is 5.91 Å². The van der Waals surface area contributed by atoms with Crippen molar-refractivity contribution in [1.82, 2.24) is 10.7 Å². The van der Waals surface area contributed by atoms with Crippen LogP contribution < -0.4 is 20.2 Å². The Morgan fingerprint density at radius 2 is 1.71 bits per heavy atom. The van der Waals surface area contributed by atoms with Crippen LogP contribution in [-0.4, -0.2) is 31.7 Å². The molecule has 0 spiro atoms. The Labute approximate surface area is 199 Å². The molecular formula is C27H27N3O4. The Morgan fingerprint density at radius 3 is 2.38 bits per heavy atom. The van der Waals surface area contributed by atoms with Crippen molar-refractivity contribution >= 4 is 18.0 Å². The lowest BCUT2D eigenvalue weighted by Crippen LogP contribution is -2.32. The SMILES string of the molecule is C=CCOc1ccc(/C=N\NC(=O)C[C@H](NC(=O)c2ccccc2)c2ccccc2)cc1OC. The zero-order chi connectivity index (χ0) is 24.2. The van der Waals surface area contributed by atoms with Crippen molar-refractivity contribution in [2.75, 3.05) is 13.7 Å². The van der Waals surface area contributed by atoms with Gasteiger partial charge in [0.2, 0.25) is 5.91 Å². The molecule has 0 aliphatic rings. The number of hydrogen-bond acceptors (Lipinski definition) is 5. The van der Waals surface area contributed by atoms with Crippen LogP contribution in [0.2, 0.25) is 0 Å². The molecule has 0 unspecified atom stereocenters. The first-order chi connectivity index (χ1) is 16.6. The van der Waals surface area contributed by atoms with E-state index in [2.05, 4.69) is 22.4 Å². The van der Waals surface area contributed by atoms with E-state index in [-0.39, 0.29) is 18.2 Å². The van der Waals surface area contributed by atoms with Gasteiger partial charge in [-0.3, -0.25) is 9.59 Å². The summed E-state index contributed by atoms with van der Waals surface area (Å²) in [7, 11) is 1.55. The van der Waals surface area contributed by atoms with Gasteiger partial charge in [0.05, 0.1) is 25.8 Å². The third-order valence-electron chi connectivity index (χ3n) is 4.88. The maximum absolute atomic E-state index is 12.7. The number of nitrogens with one attached hydrogen (secondary N) is 2. The Balaban J connectivity index is 1.64. The molecule has 0 aliphatic carbocycles. The number of nitrogens with zero attached hydrogens (tertiary/aromatic N) is 1. The average Bonchev–Trinajstić information content (AvgIpc) is 2.88. The molecule has 3 aromatic carbocycles. The van der Waals surface area contributed by atoms with E-state index in [9.17, 15) is 9.59 Å². The lowest BCUT2D eigenvalue weighted by Gasteiger charge is -2.18. The van der Waals surface area contributed by atoms with E-state index in [1.807, 2.05) is 36.4 Å². The number of amides is 2. The molecule has 0 aromatic heterocycles. The summed E-state index contributed by atoms with van der Waals surface area (Å²) in [6.45, 7) is 3.99. The van der Waals surface area contributed by atoms with Crippen LogP contribution in [0, 0.1) is 0 Å². The second kappa shape index (κ2) is 12.6. The number of benzene rings is 3. The number of ether oxygens (including phenoxy) is 2. The quantitative estimate of drug-likeness (QED) is 0.256. The molecule has 2 amide bonds. The van der Waals surface area contributed by atoms with Gasteiger partial charge in [-0.25, -0.2) is 5.43 Å². The van der Waals surface area contributed by atoms with Crippen molar-refractivity contribution < 1.29 is 19.1 Å². The molecule has 7 nitrogen and oxygen atoms in total. The fraction of sp³-hybridized carbons (Fsp3) is 0.148. The first kappa shape index (κ1) is 24.3. The molecule has 2 N–H and O–H groups in total. The highest BCUT2D eigenvalue weighted by molar-refractivity contribution is 5.94. The standard InChI is InChI=1S/C27H27N3O4/c1-3-16-34-24-15-14-20(17-25(24)33-2)19-28-30-26(31)18-23(21-10-6-4-7-11-21)29-27(32)22-12-8-5-9-13-22/h3-15,17,19,23H,1,16,18H2,2H3,(H,29,32)(H,30,31)/b28-19-/t23-/m0/s1. The van der Waals surface area contributed by atoms with Crippen LogP contribution in [0.25, 0.3) is 0 Å². The summed E-state index contributed by atoms with van der Waals surface area (Å²) in [6, 6.07) is 23.0. The molecule has 7 heteroatoms. The third kappa shape index (κ3) is 7.06. The predicted molar refractivity (Wildman–Crippen MR) is 132 cm³/mol. The van der Waals surface area contributed by atoms with Gasteiger partial charge in [0.1, 0.15) is 6.61 Å². The lowest BCUT2D eigenvalue weighted by atomic mass is 10.0. The summed E-state index contributed by atoms with van der Waals surface area (Å²) in [5.74, 6) is 0.543. The van der Waals surface area contributed by atoms with Gasteiger partial charge in [-0.1, -0.05) is 61.2 Å². The first-order valence-electron chi connectivity index (χ1n) is 10.7. The fourth-order valence-corrected chi connectivity index (χ4v) is 3.21. The Morgan fingerprint density at radius 1 is 1.00 bits per heavy atom. The highest BCUT2D eigenvalue weighted by atomic mass is 16.5. The summed E-state index contributed by atoms with van der Waals surface area (Å²) >= 11 is 0. The summed E-state index contributed by atoms with van der Waals surface area (Å²) in [5, 5.41) is 6.98. The van der Waals surface area contributed by atoms with Crippen molar-refractivity contribution in [3.05, 3.63) is 108 Å². The van der Waals surface area contributed by atoms with E-state index in [0.717, 1.165) is 11.1 Å². The number of hydrogen-bond donors (Lipinski definition) is 2. The van der Waals surface area contributed by atoms with Crippen LogP contribution in [0.3, 0.4) is 0 Å². The van der Waals surface area contributed by atoms with Gasteiger partial charge in [0, 0.05) is 5.56 Å². The molecule has 3 aromatic rings. The smallest absolute Gasteiger partial charge is 0.251 e. The van der Waals surface area contributed by atoms with E-state index in [1.54, 1.807) is 55.7 Å². The third-order valence-corrected chi connectivity index (χ3v) is 4.88. The number of carbonyl (C=O) groups excluding carboxylic acids is 2. The molecule has 1 atom stereocenters. The topological polar surface area (TPSA) is 89.0 Å². The molecule has 0 bridgehead atoms. The normalized spacial score (nSPS) is 11.4. The monoisotopic (exact) mass is 457 g/mol. The first-order valence-corrected chi connectivity index (χ1v) is 10.7. The second-order valence-corrected chi connectivity index (χ2v) is 7.31. The van der Waals surface area contributed by atoms with Crippen LogP contribution in [-0.2, 0) is 4.79 Å². The molecule has 174 valence electrons. The van der Waals surface area contributed by atoms with Gasteiger partial charge >= 0.3 is 0 Å². The maximum Gasteiger partial charge on any atom is 0.251 e. The molecule has 0 fully saturated rings. The van der Waals surface area contributed by atoms with Crippen LogP contribution in [0.15, 0.2) is 96.6 Å². The molecule has 34 heavy (non-hydrogen) atoms. The van der Waals surface area contributed by atoms with Gasteiger partial charge < -0.3 is 14.8 Å². The van der Waals surface area contributed by atoms with Crippen LogP contribution in [0.1, 0.15) is 33.9 Å². The predicted octanol–water partition coefficient (Wildman–Crippen LogP) is 4.27. The van der Waals surface area contributed by atoms with Crippen molar-refractivity contribution in [3.8, 4) is 11.5 Å². The minimum Gasteiger partial charge on any atom is -0.493 e. The maximum atomic E-state index is 12.7. The molecular weight excluding hydrogens is 430 g/mol. The second-order valence-electron chi connectivity index (χ2n) is 7.31. The average molecular weight is 458 g/mol. The lowest BCUT2D eigenvalue weighted by molar-refractivity contribution is -0.121. The minimum absolute atomic E-state index is 0.0254. The van der Waals surface area contributed by atoms with Gasteiger partial charge in [0.15, 0.2) is 11.5 Å².